The number of nitrogen functional groups attached to an aromatic ring is 1. The molecule has 6 heteroatoms. The van der Waals surface area contributed by atoms with E-state index in [0.29, 0.717) is 17.5 Å². The molecule has 0 atom stereocenters. The Morgan fingerprint density at radius 2 is 2.14 bits per heavy atom. The zero-order valence-corrected chi connectivity index (χ0v) is 12.4. The smallest absolute Gasteiger partial charge is 0.239 e. The van der Waals surface area contributed by atoms with E-state index in [2.05, 4.69) is 15.2 Å². The van der Waals surface area contributed by atoms with Crippen LogP contribution in [0.5, 0.6) is 5.88 Å². The lowest BCUT2D eigenvalue weighted by molar-refractivity contribution is 0.0398. The maximum Gasteiger partial charge on any atom is 0.239 e. The van der Waals surface area contributed by atoms with Gasteiger partial charge in [-0.05, 0) is 30.9 Å². The molecule has 1 saturated heterocycles. The van der Waals surface area contributed by atoms with Crippen LogP contribution in [0.1, 0.15) is 12.8 Å². The van der Waals surface area contributed by atoms with Crippen LogP contribution in [-0.4, -0.2) is 55.9 Å². The first kappa shape index (κ1) is 14.4. The van der Waals surface area contributed by atoms with Gasteiger partial charge < -0.3 is 20.5 Å². The van der Waals surface area contributed by atoms with Gasteiger partial charge in [0, 0.05) is 26.2 Å². The fraction of sp³-hybridized carbons (Fsp3) is 0.667. The summed E-state index contributed by atoms with van der Waals surface area (Å²) < 4.78 is 11.0. The highest BCUT2D eigenvalue weighted by Crippen LogP contribution is 2.30. The second kappa shape index (κ2) is 6.95. The molecule has 3 rings (SSSR count). The van der Waals surface area contributed by atoms with Crippen LogP contribution in [0.25, 0.3) is 0 Å². The minimum Gasteiger partial charge on any atom is -0.476 e. The Hall–Kier alpha value is -1.53. The number of morpholine rings is 1. The summed E-state index contributed by atoms with van der Waals surface area (Å²) >= 11 is 0. The van der Waals surface area contributed by atoms with E-state index in [1.165, 1.54) is 12.8 Å². The third-order valence-electron chi connectivity index (χ3n) is 3.88. The molecule has 2 fully saturated rings. The highest BCUT2D eigenvalue weighted by Gasteiger charge is 2.22. The molecule has 3 N–H and O–H groups in total. The van der Waals surface area contributed by atoms with Gasteiger partial charge in [-0.25, -0.2) is 0 Å². The Balaban J connectivity index is 1.46. The average molecular weight is 292 g/mol. The monoisotopic (exact) mass is 292 g/mol. The first-order valence-electron chi connectivity index (χ1n) is 7.74. The molecular weight excluding hydrogens is 268 g/mol. The molecule has 1 aromatic heterocycles. The fourth-order valence-electron chi connectivity index (χ4n) is 2.31. The normalized spacial score (nSPS) is 19.4. The third kappa shape index (κ3) is 4.47. The fourth-order valence-corrected chi connectivity index (χ4v) is 2.31. The molecule has 0 unspecified atom stereocenters. The molecule has 1 aromatic rings. The Kier molecular flexibility index (Phi) is 4.77. The molecule has 1 aliphatic heterocycles. The quantitative estimate of drug-likeness (QED) is 0.786. The van der Waals surface area contributed by atoms with E-state index in [0.717, 1.165) is 51.8 Å². The van der Waals surface area contributed by atoms with Gasteiger partial charge in [0.2, 0.25) is 5.88 Å². The number of anilines is 2. The van der Waals surface area contributed by atoms with E-state index in [-0.39, 0.29) is 0 Å². The summed E-state index contributed by atoms with van der Waals surface area (Å²) in [5.41, 5.74) is 6.51. The Bertz CT molecular complexity index is 459. The largest absolute Gasteiger partial charge is 0.476 e. The second-order valence-corrected chi connectivity index (χ2v) is 5.73. The maximum absolute atomic E-state index is 5.90. The summed E-state index contributed by atoms with van der Waals surface area (Å²) in [6.07, 6.45) is 2.52. The molecule has 0 spiro atoms. The molecule has 116 valence electrons. The van der Waals surface area contributed by atoms with Crippen molar-refractivity contribution in [3.8, 4) is 5.88 Å². The molecule has 1 aliphatic carbocycles. The first-order valence-corrected chi connectivity index (χ1v) is 7.74. The van der Waals surface area contributed by atoms with Crippen LogP contribution < -0.4 is 15.8 Å². The predicted molar refractivity (Wildman–Crippen MR) is 82.6 cm³/mol. The van der Waals surface area contributed by atoms with Crippen molar-refractivity contribution in [1.29, 1.82) is 0 Å². The highest BCUT2D eigenvalue weighted by molar-refractivity contribution is 5.53. The van der Waals surface area contributed by atoms with E-state index < -0.39 is 0 Å². The predicted octanol–water partition coefficient (Wildman–Crippen LogP) is 1.20. The van der Waals surface area contributed by atoms with Gasteiger partial charge in [-0.2, -0.15) is 4.98 Å². The van der Waals surface area contributed by atoms with E-state index in [1.54, 1.807) is 0 Å². The number of rotatable bonds is 7. The Labute approximate surface area is 125 Å². The minimum absolute atomic E-state index is 0.554. The lowest BCUT2D eigenvalue weighted by atomic mass is 10.3. The average Bonchev–Trinajstić information content (AvgIpc) is 3.33. The Morgan fingerprint density at radius 3 is 2.90 bits per heavy atom. The molecule has 21 heavy (non-hydrogen) atoms. The third-order valence-corrected chi connectivity index (χ3v) is 3.88. The number of aromatic nitrogens is 1. The Morgan fingerprint density at radius 1 is 1.33 bits per heavy atom. The van der Waals surface area contributed by atoms with Crippen LogP contribution in [0.15, 0.2) is 12.1 Å². The van der Waals surface area contributed by atoms with Crippen molar-refractivity contribution in [2.75, 3.05) is 57.1 Å². The van der Waals surface area contributed by atoms with Crippen LogP contribution in [0.4, 0.5) is 11.5 Å². The van der Waals surface area contributed by atoms with Gasteiger partial charge in [0.25, 0.3) is 0 Å². The molecule has 0 aromatic carbocycles. The summed E-state index contributed by atoms with van der Waals surface area (Å²) in [6.45, 7) is 6.26. The van der Waals surface area contributed by atoms with Crippen molar-refractivity contribution in [3.05, 3.63) is 12.1 Å². The van der Waals surface area contributed by atoms with Crippen molar-refractivity contribution in [2.24, 2.45) is 5.92 Å². The van der Waals surface area contributed by atoms with Crippen molar-refractivity contribution in [2.45, 2.75) is 12.8 Å². The standard InChI is InChI=1S/C15H24N4O2/c16-13-3-4-14(18-15(13)21-11-12-1-2-12)17-5-6-19-7-9-20-10-8-19/h3-4,12H,1-2,5-11,16H2,(H,17,18). The van der Waals surface area contributed by atoms with Crippen LogP contribution in [0, 0.1) is 5.92 Å². The summed E-state index contributed by atoms with van der Waals surface area (Å²) in [4.78, 5) is 6.84. The molecule has 0 bridgehead atoms. The molecule has 2 heterocycles. The van der Waals surface area contributed by atoms with Crippen LogP contribution in [-0.2, 0) is 4.74 Å². The van der Waals surface area contributed by atoms with Crippen LogP contribution >= 0.6 is 0 Å². The molecule has 2 aliphatic rings. The molecule has 0 radical (unpaired) electrons. The number of nitrogens with two attached hydrogens (primary N) is 1. The molecule has 0 amide bonds. The minimum atomic E-state index is 0.554. The van der Waals surface area contributed by atoms with Crippen LogP contribution in [0.2, 0.25) is 0 Å². The van der Waals surface area contributed by atoms with Gasteiger partial charge in [-0.3, -0.25) is 4.90 Å². The summed E-state index contributed by atoms with van der Waals surface area (Å²) in [6, 6.07) is 3.75. The van der Waals surface area contributed by atoms with Crippen molar-refractivity contribution in [1.82, 2.24) is 9.88 Å². The number of nitrogens with zero attached hydrogens (tertiary/aromatic N) is 2. The summed E-state index contributed by atoms with van der Waals surface area (Å²) in [7, 11) is 0. The molecule has 6 nitrogen and oxygen atoms in total. The summed E-state index contributed by atoms with van der Waals surface area (Å²) in [5.74, 6) is 2.07. The lowest BCUT2D eigenvalue weighted by Crippen LogP contribution is -2.39. The highest BCUT2D eigenvalue weighted by atomic mass is 16.5. The molecular formula is C15H24N4O2. The molecule has 1 saturated carbocycles. The van der Waals surface area contributed by atoms with E-state index in [9.17, 15) is 0 Å². The van der Waals surface area contributed by atoms with E-state index in [4.69, 9.17) is 15.2 Å². The number of pyridine rings is 1. The van der Waals surface area contributed by atoms with Gasteiger partial charge in [0.1, 0.15) is 5.82 Å². The zero-order chi connectivity index (χ0) is 14.5. The second-order valence-electron chi connectivity index (χ2n) is 5.73. The lowest BCUT2D eigenvalue weighted by Gasteiger charge is -2.26. The topological polar surface area (TPSA) is 72.6 Å². The zero-order valence-electron chi connectivity index (χ0n) is 12.4. The van der Waals surface area contributed by atoms with Crippen LogP contribution in [0.3, 0.4) is 0 Å². The van der Waals surface area contributed by atoms with E-state index in [1.807, 2.05) is 12.1 Å². The van der Waals surface area contributed by atoms with Gasteiger partial charge >= 0.3 is 0 Å². The summed E-state index contributed by atoms with van der Waals surface area (Å²) in [5, 5.41) is 3.33. The number of hydrogen-bond donors (Lipinski definition) is 2. The first-order chi connectivity index (χ1) is 10.3. The van der Waals surface area contributed by atoms with Gasteiger partial charge in [0.15, 0.2) is 0 Å². The van der Waals surface area contributed by atoms with Gasteiger partial charge in [0.05, 0.1) is 25.5 Å². The maximum atomic E-state index is 5.90. The number of nitrogens with one attached hydrogen (secondary N) is 1. The van der Waals surface area contributed by atoms with Crippen molar-refractivity contribution >= 4 is 11.5 Å². The van der Waals surface area contributed by atoms with Gasteiger partial charge in [-0.1, -0.05) is 0 Å². The number of hydrogen-bond acceptors (Lipinski definition) is 6. The van der Waals surface area contributed by atoms with Crippen molar-refractivity contribution in [3.63, 3.8) is 0 Å². The SMILES string of the molecule is Nc1ccc(NCCN2CCOCC2)nc1OCC1CC1. The number of ether oxygens (including phenoxy) is 2. The van der Waals surface area contributed by atoms with Gasteiger partial charge in [-0.15, -0.1) is 0 Å². The van der Waals surface area contributed by atoms with E-state index >= 15 is 0 Å². The van der Waals surface area contributed by atoms with Crippen molar-refractivity contribution < 1.29 is 9.47 Å².